The number of hydrogen-bond donors (Lipinski definition) is 3. The summed E-state index contributed by atoms with van der Waals surface area (Å²) in [4.78, 5) is 25.2. The number of nitrogens with two attached hydrogens (primary N) is 1. The summed E-state index contributed by atoms with van der Waals surface area (Å²) in [5.41, 5.74) is 8.08. The quantitative estimate of drug-likeness (QED) is 0.477. The minimum atomic E-state index is -0.518. The number of primary amides is 1. The molecule has 2 aromatic heterocycles. The Labute approximate surface area is 161 Å². The van der Waals surface area contributed by atoms with Gasteiger partial charge in [-0.25, -0.2) is 4.98 Å². The Morgan fingerprint density at radius 2 is 1.89 bits per heavy atom. The van der Waals surface area contributed by atoms with Gasteiger partial charge in [0.25, 0.3) is 5.91 Å². The Morgan fingerprint density at radius 3 is 2.64 bits per heavy atom. The molecule has 0 aliphatic carbocycles. The number of carbonyl (C=O) groups excluding carboxylic acids is 1. The minimum absolute atomic E-state index is 0.378. The molecule has 0 fully saturated rings. The van der Waals surface area contributed by atoms with Gasteiger partial charge in [-0.3, -0.25) is 9.89 Å². The number of carbonyl (C=O) groups is 1. The molecule has 0 spiro atoms. The molecule has 0 unspecified atom stereocenters. The number of H-pyrrole nitrogens is 1. The predicted molar refractivity (Wildman–Crippen MR) is 107 cm³/mol. The number of nitrogens with zero attached hydrogens (tertiary/aromatic N) is 4. The summed E-state index contributed by atoms with van der Waals surface area (Å²) in [5, 5.41) is 11.2. The van der Waals surface area contributed by atoms with Crippen LogP contribution in [0.15, 0.2) is 48.5 Å². The highest BCUT2D eigenvalue weighted by atomic mass is 16.1. The van der Waals surface area contributed by atoms with Crippen molar-refractivity contribution in [1.82, 2.24) is 25.1 Å². The second-order valence-electron chi connectivity index (χ2n) is 6.26. The number of nitrogens with one attached hydrogen (secondary N) is 2. The van der Waals surface area contributed by atoms with Crippen molar-refractivity contribution in [3.05, 3.63) is 65.5 Å². The fraction of sp³-hybridized carbons (Fsp3) is 0.150. The fourth-order valence-electron chi connectivity index (χ4n) is 2.96. The molecular weight excluding hydrogens is 354 g/mol. The van der Waals surface area contributed by atoms with Crippen LogP contribution in [0.5, 0.6) is 0 Å². The average Bonchev–Trinajstić information content (AvgIpc) is 3.17. The Bertz CT molecular complexity index is 1140. The normalized spacial score (nSPS) is 10.9. The number of para-hydroxylation sites is 1. The van der Waals surface area contributed by atoms with Crippen molar-refractivity contribution < 1.29 is 4.79 Å². The average molecular weight is 373 g/mol. The Morgan fingerprint density at radius 1 is 1.07 bits per heavy atom. The van der Waals surface area contributed by atoms with Crippen molar-refractivity contribution >= 4 is 22.8 Å². The second kappa shape index (κ2) is 7.43. The summed E-state index contributed by atoms with van der Waals surface area (Å²) < 4.78 is 0. The number of amides is 1. The third-order valence-electron chi connectivity index (χ3n) is 4.37. The first-order chi connectivity index (χ1) is 13.7. The van der Waals surface area contributed by atoms with Crippen LogP contribution in [0.3, 0.4) is 0 Å². The molecule has 2 heterocycles. The van der Waals surface area contributed by atoms with Crippen molar-refractivity contribution in [2.75, 3.05) is 5.32 Å². The van der Waals surface area contributed by atoms with Gasteiger partial charge in [0.15, 0.2) is 5.82 Å². The van der Waals surface area contributed by atoms with E-state index >= 15 is 0 Å². The van der Waals surface area contributed by atoms with Crippen LogP contribution in [0.4, 0.5) is 5.95 Å². The topological polar surface area (TPSA) is 122 Å². The maximum atomic E-state index is 11.7. The zero-order chi connectivity index (χ0) is 19.5. The fourth-order valence-corrected chi connectivity index (χ4v) is 2.96. The third kappa shape index (κ3) is 3.39. The molecule has 28 heavy (non-hydrogen) atoms. The summed E-state index contributed by atoms with van der Waals surface area (Å²) in [6.45, 7) is 2.58. The molecule has 4 rings (SSSR count). The van der Waals surface area contributed by atoms with Gasteiger partial charge in [-0.1, -0.05) is 49.4 Å². The van der Waals surface area contributed by atoms with E-state index in [-0.39, 0.29) is 0 Å². The van der Waals surface area contributed by atoms with Gasteiger partial charge in [0.05, 0.1) is 11.1 Å². The van der Waals surface area contributed by atoms with Crippen LogP contribution >= 0.6 is 0 Å². The van der Waals surface area contributed by atoms with Crippen LogP contribution in [-0.2, 0) is 13.0 Å². The Hall–Kier alpha value is -3.81. The lowest BCUT2D eigenvalue weighted by Crippen LogP contribution is -2.11. The first kappa shape index (κ1) is 17.6. The van der Waals surface area contributed by atoms with Crippen molar-refractivity contribution in [1.29, 1.82) is 0 Å². The van der Waals surface area contributed by atoms with Crippen LogP contribution in [0.1, 0.15) is 28.7 Å². The molecule has 0 aliphatic heterocycles. The zero-order valence-corrected chi connectivity index (χ0v) is 15.3. The van der Waals surface area contributed by atoms with E-state index in [0.717, 1.165) is 10.9 Å². The molecule has 140 valence electrons. The molecule has 1 amide bonds. The first-order valence-electron chi connectivity index (χ1n) is 8.95. The van der Waals surface area contributed by atoms with Gasteiger partial charge in [-0.05, 0) is 11.6 Å². The maximum Gasteiger partial charge on any atom is 0.250 e. The first-order valence-corrected chi connectivity index (χ1v) is 8.95. The van der Waals surface area contributed by atoms with Gasteiger partial charge in [0, 0.05) is 18.4 Å². The van der Waals surface area contributed by atoms with Crippen LogP contribution in [-0.4, -0.2) is 31.1 Å². The SMILES string of the molecule is CCc1nc(NCc2ccccc2)nc(-c2n[nH]c3c(C(N)=O)cccc23)n1. The van der Waals surface area contributed by atoms with Gasteiger partial charge in [0.1, 0.15) is 11.5 Å². The number of benzene rings is 2. The lowest BCUT2D eigenvalue weighted by Gasteiger charge is -2.08. The highest BCUT2D eigenvalue weighted by Gasteiger charge is 2.17. The Balaban J connectivity index is 1.73. The number of fused-ring (bicyclic) bond motifs is 1. The van der Waals surface area contributed by atoms with Crippen molar-refractivity contribution in [3.63, 3.8) is 0 Å². The molecule has 2 aromatic carbocycles. The van der Waals surface area contributed by atoms with Crippen LogP contribution in [0.25, 0.3) is 22.4 Å². The molecule has 8 heteroatoms. The zero-order valence-electron chi connectivity index (χ0n) is 15.3. The summed E-state index contributed by atoms with van der Waals surface area (Å²) in [5.74, 6) is 1.06. The van der Waals surface area contributed by atoms with E-state index in [1.54, 1.807) is 12.1 Å². The van der Waals surface area contributed by atoms with Gasteiger partial charge >= 0.3 is 0 Å². The van der Waals surface area contributed by atoms with Gasteiger partial charge < -0.3 is 11.1 Å². The van der Waals surface area contributed by atoms with E-state index in [9.17, 15) is 4.79 Å². The molecule has 0 aliphatic rings. The lowest BCUT2D eigenvalue weighted by molar-refractivity contribution is 0.100. The number of aryl methyl sites for hydroxylation is 1. The standard InChI is InChI=1S/C20H19N7O/c1-2-15-23-19(25-20(24-15)22-11-12-7-4-3-5-8-12)17-13-9-6-10-14(18(21)28)16(13)26-27-17/h3-10H,2,11H2,1H3,(H2,21,28)(H,26,27)(H,22,23,24,25). The molecule has 4 aromatic rings. The Kier molecular flexibility index (Phi) is 4.67. The molecule has 4 N–H and O–H groups in total. The van der Waals surface area contributed by atoms with E-state index in [0.29, 0.717) is 47.3 Å². The predicted octanol–water partition coefficient (Wildman–Crippen LogP) is 2.69. The van der Waals surface area contributed by atoms with Crippen molar-refractivity contribution in [3.8, 4) is 11.5 Å². The monoisotopic (exact) mass is 373 g/mol. The number of aromatic amines is 1. The number of anilines is 1. The third-order valence-corrected chi connectivity index (χ3v) is 4.37. The summed E-state index contributed by atoms with van der Waals surface area (Å²) >= 11 is 0. The van der Waals surface area contributed by atoms with Crippen LogP contribution in [0.2, 0.25) is 0 Å². The second-order valence-corrected chi connectivity index (χ2v) is 6.26. The molecule has 0 bridgehead atoms. The number of rotatable bonds is 6. The minimum Gasteiger partial charge on any atom is -0.366 e. The van der Waals surface area contributed by atoms with E-state index in [1.807, 2.05) is 43.3 Å². The summed E-state index contributed by atoms with van der Waals surface area (Å²) in [6.07, 6.45) is 0.657. The maximum absolute atomic E-state index is 11.7. The molecule has 0 radical (unpaired) electrons. The summed E-state index contributed by atoms with van der Waals surface area (Å²) in [7, 11) is 0. The van der Waals surface area contributed by atoms with Crippen molar-refractivity contribution in [2.24, 2.45) is 5.73 Å². The summed E-state index contributed by atoms with van der Waals surface area (Å²) in [6, 6.07) is 15.3. The van der Waals surface area contributed by atoms with Crippen LogP contribution in [0, 0.1) is 0 Å². The largest absolute Gasteiger partial charge is 0.366 e. The smallest absolute Gasteiger partial charge is 0.250 e. The van der Waals surface area contributed by atoms with Crippen molar-refractivity contribution in [2.45, 2.75) is 19.9 Å². The lowest BCUT2D eigenvalue weighted by atomic mass is 10.1. The highest BCUT2D eigenvalue weighted by molar-refractivity contribution is 6.07. The molecule has 0 saturated heterocycles. The van der Waals surface area contributed by atoms with Gasteiger partial charge in [-0.15, -0.1) is 0 Å². The molecule has 8 nitrogen and oxygen atoms in total. The van der Waals surface area contributed by atoms with E-state index in [1.165, 1.54) is 0 Å². The molecule has 0 saturated carbocycles. The van der Waals surface area contributed by atoms with Gasteiger partial charge in [0.2, 0.25) is 5.95 Å². The van der Waals surface area contributed by atoms with E-state index < -0.39 is 5.91 Å². The highest BCUT2D eigenvalue weighted by Crippen LogP contribution is 2.26. The molecular formula is C20H19N7O. The number of aromatic nitrogens is 5. The number of hydrogen-bond acceptors (Lipinski definition) is 6. The van der Waals surface area contributed by atoms with E-state index in [2.05, 4.69) is 30.5 Å². The van der Waals surface area contributed by atoms with Crippen LogP contribution < -0.4 is 11.1 Å². The molecule has 0 atom stereocenters. The van der Waals surface area contributed by atoms with Gasteiger partial charge in [-0.2, -0.15) is 15.1 Å². The van der Waals surface area contributed by atoms with E-state index in [4.69, 9.17) is 5.73 Å².